The van der Waals surface area contributed by atoms with Gasteiger partial charge in [0.1, 0.15) is 17.0 Å². The molecular weight excluding hydrogens is 422 g/mol. The highest BCUT2D eigenvalue weighted by molar-refractivity contribution is 7.18. The molecular formula is C24H27N5O2S. The van der Waals surface area contributed by atoms with Crippen LogP contribution in [-0.2, 0) is 16.0 Å². The molecule has 0 radical (unpaired) electrons. The van der Waals surface area contributed by atoms with Crippen LogP contribution in [0.4, 0.5) is 17.2 Å². The fraction of sp³-hybridized carbons (Fsp3) is 0.417. The Balaban J connectivity index is 1.25. The van der Waals surface area contributed by atoms with Crippen molar-refractivity contribution in [1.29, 1.82) is 0 Å². The van der Waals surface area contributed by atoms with Crippen LogP contribution in [0, 0.1) is 19.8 Å². The average Bonchev–Trinajstić information content (AvgIpc) is 3.34. The Kier molecular flexibility index (Phi) is 5.33. The third-order valence-electron chi connectivity index (χ3n) is 6.73. The van der Waals surface area contributed by atoms with Gasteiger partial charge < -0.3 is 15.1 Å². The minimum Gasteiger partial charge on any atom is -0.356 e. The largest absolute Gasteiger partial charge is 0.356 e. The number of thiophene rings is 1. The Hall–Kier alpha value is -3.00. The lowest BCUT2D eigenvalue weighted by Gasteiger charge is -2.32. The van der Waals surface area contributed by atoms with Gasteiger partial charge in [0, 0.05) is 48.7 Å². The molecule has 0 bridgehead atoms. The second-order valence-electron chi connectivity index (χ2n) is 8.68. The van der Waals surface area contributed by atoms with Gasteiger partial charge >= 0.3 is 0 Å². The maximum Gasteiger partial charge on any atom is 0.227 e. The zero-order valence-electron chi connectivity index (χ0n) is 18.6. The van der Waals surface area contributed by atoms with Gasteiger partial charge in [0.2, 0.25) is 11.8 Å². The van der Waals surface area contributed by atoms with E-state index >= 15 is 0 Å². The van der Waals surface area contributed by atoms with Gasteiger partial charge in [0.05, 0.1) is 5.39 Å². The van der Waals surface area contributed by atoms with Gasteiger partial charge in [0.15, 0.2) is 0 Å². The Morgan fingerprint density at radius 2 is 1.91 bits per heavy atom. The van der Waals surface area contributed by atoms with Crippen LogP contribution >= 0.6 is 11.3 Å². The number of fused-ring (bicyclic) bond motifs is 2. The Labute approximate surface area is 191 Å². The van der Waals surface area contributed by atoms with E-state index in [1.54, 1.807) is 29.5 Å². The van der Waals surface area contributed by atoms with Crippen molar-refractivity contribution in [3.63, 3.8) is 0 Å². The van der Waals surface area contributed by atoms with Crippen molar-refractivity contribution in [2.24, 2.45) is 5.92 Å². The van der Waals surface area contributed by atoms with Crippen molar-refractivity contribution >= 4 is 50.6 Å². The second-order valence-corrected chi connectivity index (χ2v) is 9.88. The lowest BCUT2D eigenvalue weighted by Crippen LogP contribution is -2.38. The van der Waals surface area contributed by atoms with E-state index in [0.717, 1.165) is 65.3 Å². The second kappa shape index (κ2) is 8.16. The van der Waals surface area contributed by atoms with Gasteiger partial charge in [-0.05, 0) is 62.4 Å². The number of aromatic nitrogens is 2. The van der Waals surface area contributed by atoms with E-state index < -0.39 is 0 Å². The van der Waals surface area contributed by atoms with Gasteiger partial charge in [-0.2, -0.15) is 0 Å². The Morgan fingerprint density at radius 1 is 1.12 bits per heavy atom. The van der Waals surface area contributed by atoms with Crippen molar-refractivity contribution in [3.8, 4) is 0 Å². The van der Waals surface area contributed by atoms with Gasteiger partial charge in [0.25, 0.3) is 0 Å². The van der Waals surface area contributed by atoms with E-state index in [1.165, 1.54) is 10.4 Å². The minimum atomic E-state index is -0.0177. The summed E-state index contributed by atoms with van der Waals surface area (Å²) in [6, 6.07) is 5.84. The number of hydrogen-bond acceptors (Lipinski definition) is 6. The van der Waals surface area contributed by atoms with Crippen LogP contribution in [0.25, 0.3) is 10.2 Å². The first-order valence-corrected chi connectivity index (χ1v) is 11.9. The van der Waals surface area contributed by atoms with Gasteiger partial charge in [-0.15, -0.1) is 11.3 Å². The van der Waals surface area contributed by atoms with E-state index in [4.69, 9.17) is 0 Å². The van der Waals surface area contributed by atoms with Crippen molar-refractivity contribution in [1.82, 2.24) is 9.97 Å². The summed E-state index contributed by atoms with van der Waals surface area (Å²) >= 11 is 1.71. The minimum absolute atomic E-state index is 0.0177. The predicted molar refractivity (Wildman–Crippen MR) is 129 cm³/mol. The fourth-order valence-corrected chi connectivity index (χ4v) is 5.80. The molecule has 2 amide bonds. The maximum absolute atomic E-state index is 12.9. The molecule has 166 valence electrons. The summed E-state index contributed by atoms with van der Waals surface area (Å²) < 4.78 is 0. The summed E-state index contributed by atoms with van der Waals surface area (Å²) in [5.74, 6) is 1.10. The molecule has 2 aliphatic heterocycles. The molecule has 8 heteroatoms. The Bertz CT molecular complexity index is 1210. The zero-order chi connectivity index (χ0) is 22.4. The summed E-state index contributed by atoms with van der Waals surface area (Å²) in [7, 11) is 0. The number of benzene rings is 1. The van der Waals surface area contributed by atoms with Gasteiger partial charge in [-0.25, -0.2) is 9.97 Å². The van der Waals surface area contributed by atoms with Crippen molar-refractivity contribution in [2.45, 2.75) is 40.0 Å². The van der Waals surface area contributed by atoms with Crippen molar-refractivity contribution in [3.05, 3.63) is 40.5 Å². The third-order valence-corrected chi connectivity index (χ3v) is 7.85. The molecule has 32 heavy (non-hydrogen) atoms. The molecule has 0 aliphatic carbocycles. The standard InChI is InChI=1S/C24H27N5O2S/c1-14-15(2)32-24-21(14)22(25-13-26-24)28-9-6-17(7-10-28)23(31)27-19-4-5-20-18(12-19)8-11-29(20)16(3)30/h4-5,12-13,17H,6-11H2,1-3H3,(H,27,31). The highest BCUT2D eigenvalue weighted by atomic mass is 32.1. The summed E-state index contributed by atoms with van der Waals surface area (Å²) in [4.78, 5) is 40.1. The molecule has 2 aromatic heterocycles. The number of aryl methyl sites for hydroxylation is 2. The monoisotopic (exact) mass is 449 g/mol. The molecule has 0 unspecified atom stereocenters. The number of carbonyl (C=O) groups excluding carboxylic acids is 2. The topological polar surface area (TPSA) is 78.4 Å². The van der Waals surface area contributed by atoms with Crippen LogP contribution in [0.3, 0.4) is 0 Å². The van der Waals surface area contributed by atoms with E-state index in [1.807, 2.05) is 18.2 Å². The third kappa shape index (κ3) is 3.62. The number of hydrogen-bond donors (Lipinski definition) is 1. The van der Waals surface area contributed by atoms with Crippen LogP contribution in [0.2, 0.25) is 0 Å². The molecule has 0 atom stereocenters. The summed E-state index contributed by atoms with van der Waals surface area (Å²) in [6.45, 7) is 8.16. The summed E-state index contributed by atoms with van der Waals surface area (Å²) in [5, 5.41) is 4.25. The number of nitrogens with one attached hydrogen (secondary N) is 1. The fourth-order valence-electron chi connectivity index (χ4n) is 4.81. The van der Waals surface area contributed by atoms with Gasteiger partial charge in [-0.3, -0.25) is 9.59 Å². The molecule has 4 heterocycles. The normalized spacial score (nSPS) is 16.5. The molecule has 1 aromatic carbocycles. The van der Waals surface area contributed by atoms with Crippen LogP contribution < -0.4 is 15.1 Å². The first kappa shape index (κ1) is 20.9. The molecule has 1 saturated heterocycles. The predicted octanol–water partition coefficient (Wildman–Crippen LogP) is 4.07. The van der Waals surface area contributed by atoms with E-state index in [9.17, 15) is 9.59 Å². The first-order chi connectivity index (χ1) is 15.4. The smallest absolute Gasteiger partial charge is 0.227 e. The van der Waals surface area contributed by atoms with Crippen LogP contribution in [0.15, 0.2) is 24.5 Å². The lowest BCUT2D eigenvalue weighted by atomic mass is 9.95. The lowest BCUT2D eigenvalue weighted by molar-refractivity contribution is -0.120. The SMILES string of the molecule is CC(=O)N1CCc2cc(NC(=O)C3CCN(c4ncnc5sc(C)c(C)c45)CC3)ccc21. The quantitative estimate of drug-likeness (QED) is 0.652. The molecule has 0 saturated carbocycles. The molecule has 0 spiro atoms. The number of rotatable bonds is 3. The Morgan fingerprint density at radius 3 is 2.66 bits per heavy atom. The number of piperidine rings is 1. The van der Waals surface area contributed by atoms with Crippen molar-refractivity contribution in [2.75, 3.05) is 34.8 Å². The van der Waals surface area contributed by atoms with Crippen molar-refractivity contribution < 1.29 is 9.59 Å². The number of nitrogens with zero attached hydrogens (tertiary/aromatic N) is 4. The number of amides is 2. The van der Waals surface area contributed by atoms with Crippen LogP contribution in [0.5, 0.6) is 0 Å². The molecule has 7 nitrogen and oxygen atoms in total. The molecule has 5 rings (SSSR count). The zero-order valence-corrected chi connectivity index (χ0v) is 19.5. The van der Waals surface area contributed by atoms with Crippen LogP contribution in [-0.4, -0.2) is 41.4 Å². The average molecular weight is 450 g/mol. The summed E-state index contributed by atoms with van der Waals surface area (Å²) in [6.07, 6.45) is 4.06. The highest BCUT2D eigenvalue weighted by Gasteiger charge is 2.28. The van der Waals surface area contributed by atoms with E-state index in [2.05, 4.69) is 34.0 Å². The first-order valence-electron chi connectivity index (χ1n) is 11.1. The van der Waals surface area contributed by atoms with E-state index in [0.29, 0.717) is 6.54 Å². The van der Waals surface area contributed by atoms with Crippen LogP contribution in [0.1, 0.15) is 35.8 Å². The molecule has 3 aromatic rings. The van der Waals surface area contributed by atoms with E-state index in [-0.39, 0.29) is 17.7 Å². The molecule has 1 N–H and O–H groups in total. The number of anilines is 3. The highest BCUT2D eigenvalue weighted by Crippen LogP contribution is 2.36. The summed E-state index contributed by atoms with van der Waals surface area (Å²) in [5.41, 5.74) is 4.13. The maximum atomic E-state index is 12.9. The van der Waals surface area contributed by atoms with Gasteiger partial charge in [-0.1, -0.05) is 0 Å². The molecule has 1 fully saturated rings. The molecule has 2 aliphatic rings. The number of carbonyl (C=O) groups is 2.